The van der Waals surface area contributed by atoms with E-state index in [1.54, 1.807) is 0 Å². The molecule has 0 bridgehead atoms. The van der Waals surface area contributed by atoms with Crippen LogP contribution in [0.25, 0.3) is 0 Å². The van der Waals surface area contributed by atoms with Crippen molar-refractivity contribution in [3.63, 3.8) is 0 Å². The van der Waals surface area contributed by atoms with Crippen molar-refractivity contribution in [1.82, 2.24) is 14.8 Å². The summed E-state index contributed by atoms with van der Waals surface area (Å²) >= 11 is 0. The van der Waals surface area contributed by atoms with Crippen LogP contribution in [0.15, 0.2) is 6.07 Å². The molecular formula is C20H33N3O. The summed E-state index contributed by atoms with van der Waals surface area (Å²) in [6, 6.07) is 2.69. The molecule has 4 heteroatoms. The molecule has 2 aliphatic carbocycles. The average molecular weight is 332 g/mol. The van der Waals surface area contributed by atoms with Crippen LogP contribution in [-0.4, -0.2) is 41.6 Å². The van der Waals surface area contributed by atoms with Gasteiger partial charge >= 0.3 is 0 Å². The average Bonchev–Trinajstić information content (AvgIpc) is 3.30. The van der Waals surface area contributed by atoms with Crippen molar-refractivity contribution in [2.24, 2.45) is 5.92 Å². The number of aryl methyl sites for hydroxylation is 1. The first-order valence-corrected chi connectivity index (χ1v) is 9.48. The fourth-order valence-corrected chi connectivity index (χ4v) is 4.60. The molecule has 0 aliphatic heterocycles. The summed E-state index contributed by atoms with van der Waals surface area (Å²) in [7, 11) is 4.31. The smallest absolute Gasteiger partial charge is 0.253 e. The van der Waals surface area contributed by atoms with E-state index in [0.29, 0.717) is 6.04 Å². The number of hydrogen-bond donors (Lipinski definition) is 1. The summed E-state index contributed by atoms with van der Waals surface area (Å²) in [6.07, 6.45) is 7.41. The molecule has 2 atom stereocenters. The minimum Gasteiger partial charge on any atom is -0.350 e. The van der Waals surface area contributed by atoms with E-state index >= 15 is 0 Å². The van der Waals surface area contributed by atoms with E-state index in [1.165, 1.54) is 44.2 Å². The highest BCUT2D eigenvalue weighted by atomic mass is 16.1. The summed E-state index contributed by atoms with van der Waals surface area (Å²) in [4.78, 5) is 15.1. The van der Waals surface area contributed by atoms with Crippen LogP contribution in [0.1, 0.15) is 73.2 Å². The molecule has 24 heavy (non-hydrogen) atoms. The summed E-state index contributed by atoms with van der Waals surface area (Å²) in [5, 5.41) is 3.26. The van der Waals surface area contributed by atoms with E-state index in [1.807, 2.05) is 0 Å². The molecule has 2 saturated carbocycles. The van der Waals surface area contributed by atoms with E-state index in [0.717, 1.165) is 23.7 Å². The third-order valence-corrected chi connectivity index (χ3v) is 6.24. The number of rotatable bonds is 5. The van der Waals surface area contributed by atoms with E-state index in [4.69, 9.17) is 0 Å². The van der Waals surface area contributed by atoms with Gasteiger partial charge in [-0.05, 0) is 65.6 Å². The molecule has 0 spiro atoms. The quantitative estimate of drug-likeness (QED) is 0.893. The van der Waals surface area contributed by atoms with Gasteiger partial charge in [0, 0.05) is 29.5 Å². The van der Waals surface area contributed by atoms with Gasteiger partial charge in [0.05, 0.1) is 5.56 Å². The predicted octanol–water partition coefficient (Wildman–Crippen LogP) is 3.68. The Hall–Kier alpha value is -1.29. The van der Waals surface area contributed by atoms with Crippen LogP contribution >= 0.6 is 0 Å². The minimum absolute atomic E-state index is 0.0921. The van der Waals surface area contributed by atoms with Crippen LogP contribution in [0.3, 0.4) is 0 Å². The Labute approximate surface area is 146 Å². The standard InChI is InChI=1S/C20H33N3O/c1-14-7-6-10-20(12-14,22(4)5)13-21-19(24)18-11-15(2)23(16(18)3)17-8-9-17/h11,14,17H,6-10,12-13H2,1-5H3,(H,21,24)/t14-,20-/m1/s1. The van der Waals surface area contributed by atoms with Crippen LogP contribution in [0.2, 0.25) is 0 Å². The van der Waals surface area contributed by atoms with Crippen LogP contribution < -0.4 is 5.32 Å². The van der Waals surface area contributed by atoms with Crippen molar-refractivity contribution < 1.29 is 4.79 Å². The van der Waals surface area contributed by atoms with Crippen molar-refractivity contribution in [2.45, 2.75) is 70.9 Å². The Balaban J connectivity index is 1.71. The molecule has 134 valence electrons. The highest BCUT2D eigenvalue weighted by Gasteiger charge is 2.37. The summed E-state index contributed by atoms with van der Waals surface area (Å²) < 4.78 is 2.35. The number of nitrogens with zero attached hydrogens (tertiary/aromatic N) is 2. The van der Waals surface area contributed by atoms with Gasteiger partial charge in [-0.25, -0.2) is 0 Å². The fourth-order valence-electron chi connectivity index (χ4n) is 4.60. The lowest BCUT2D eigenvalue weighted by molar-refractivity contribution is 0.0675. The molecule has 0 unspecified atom stereocenters. The molecule has 0 aromatic carbocycles. The molecule has 4 nitrogen and oxygen atoms in total. The topological polar surface area (TPSA) is 37.3 Å². The number of carbonyl (C=O) groups excluding carboxylic acids is 1. The van der Waals surface area contributed by atoms with Gasteiger partial charge in [0.2, 0.25) is 0 Å². The van der Waals surface area contributed by atoms with E-state index in [-0.39, 0.29) is 11.4 Å². The lowest BCUT2D eigenvalue weighted by atomic mass is 9.75. The molecule has 1 heterocycles. The number of amides is 1. The zero-order chi connectivity index (χ0) is 17.5. The van der Waals surface area contributed by atoms with E-state index in [9.17, 15) is 4.79 Å². The zero-order valence-corrected chi connectivity index (χ0v) is 16.0. The molecule has 1 aromatic rings. The maximum Gasteiger partial charge on any atom is 0.253 e. The normalized spacial score (nSPS) is 27.5. The van der Waals surface area contributed by atoms with Gasteiger partial charge in [-0.1, -0.05) is 19.8 Å². The molecular weight excluding hydrogens is 298 g/mol. The van der Waals surface area contributed by atoms with Crippen molar-refractivity contribution in [1.29, 1.82) is 0 Å². The van der Waals surface area contributed by atoms with Crippen LogP contribution in [0.5, 0.6) is 0 Å². The number of likely N-dealkylation sites (N-methyl/N-ethyl adjacent to an activating group) is 1. The maximum absolute atomic E-state index is 12.8. The van der Waals surface area contributed by atoms with Crippen LogP contribution in [0.4, 0.5) is 0 Å². The first-order valence-electron chi connectivity index (χ1n) is 9.48. The first kappa shape index (κ1) is 17.5. The number of hydrogen-bond acceptors (Lipinski definition) is 2. The predicted molar refractivity (Wildman–Crippen MR) is 98.6 cm³/mol. The third-order valence-electron chi connectivity index (χ3n) is 6.24. The molecule has 2 fully saturated rings. The summed E-state index contributed by atoms with van der Waals surface area (Å²) in [6.45, 7) is 7.29. The fraction of sp³-hybridized carbons (Fsp3) is 0.750. The Morgan fingerprint density at radius 1 is 1.33 bits per heavy atom. The Kier molecular flexibility index (Phi) is 4.78. The van der Waals surface area contributed by atoms with Gasteiger partial charge < -0.3 is 14.8 Å². The Morgan fingerprint density at radius 3 is 2.62 bits per heavy atom. The number of aromatic nitrogens is 1. The number of nitrogens with one attached hydrogen (secondary N) is 1. The largest absolute Gasteiger partial charge is 0.350 e. The molecule has 0 saturated heterocycles. The van der Waals surface area contributed by atoms with Crippen molar-refractivity contribution in [3.8, 4) is 0 Å². The van der Waals surface area contributed by atoms with Gasteiger partial charge in [0.15, 0.2) is 0 Å². The Bertz CT molecular complexity index is 615. The molecule has 1 aromatic heterocycles. The van der Waals surface area contributed by atoms with Gasteiger partial charge in [-0.2, -0.15) is 0 Å². The van der Waals surface area contributed by atoms with Gasteiger partial charge in [0.1, 0.15) is 0 Å². The second-order valence-electron chi connectivity index (χ2n) is 8.39. The lowest BCUT2D eigenvalue weighted by Gasteiger charge is -2.45. The third kappa shape index (κ3) is 3.26. The van der Waals surface area contributed by atoms with Crippen molar-refractivity contribution in [3.05, 3.63) is 23.0 Å². The second kappa shape index (κ2) is 6.55. The molecule has 2 aliphatic rings. The molecule has 0 radical (unpaired) electrons. The van der Waals surface area contributed by atoms with Crippen LogP contribution in [-0.2, 0) is 0 Å². The first-order chi connectivity index (χ1) is 11.3. The molecule has 3 rings (SSSR count). The van der Waals surface area contributed by atoms with Crippen molar-refractivity contribution >= 4 is 5.91 Å². The monoisotopic (exact) mass is 331 g/mol. The molecule has 1 amide bonds. The van der Waals surface area contributed by atoms with Gasteiger partial charge in [-0.3, -0.25) is 4.79 Å². The number of carbonyl (C=O) groups is 1. The van der Waals surface area contributed by atoms with Gasteiger partial charge in [0.25, 0.3) is 5.91 Å². The second-order valence-corrected chi connectivity index (χ2v) is 8.39. The zero-order valence-electron chi connectivity index (χ0n) is 16.0. The van der Waals surface area contributed by atoms with Crippen molar-refractivity contribution in [2.75, 3.05) is 20.6 Å². The van der Waals surface area contributed by atoms with Crippen LogP contribution in [0, 0.1) is 19.8 Å². The highest BCUT2D eigenvalue weighted by Crippen LogP contribution is 2.38. The highest BCUT2D eigenvalue weighted by molar-refractivity contribution is 5.95. The summed E-state index contributed by atoms with van der Waals surface area (Å²) in [5.74, 6) is 0.826. The van der Waals surface area contributed by atoms with E-state index < -0.39 is 0 Å². The molecule has 1 N–H and O–H groups in total. The minimum atomic E-state index is 0.0921. The maximum atomic E-state index is 12.8. The Morgan fingerprint density at radius 2 is 2.04 bits per heavy atom. The lowest BCUT2D eigenvalue weighted by Crippen LogP contribution is -2.55. The SMILES string of the molecule is Cc1cc(C(=O)NC[C@@]2(N(C)C)CCC[C@@H](C)C2)c(C)n1C1CC1. The van der Waals surface area contributed by atoms with E-state index in [2.05, 4.69) is 55.7 Å². The summed E-state index contributed by atoms with van der Waals surface area (Å²) in [5.41, 5.74) is 3.31. The van der Waals surface area contributed by atoms with Gasteiger partial charge in [-0.15, -0.1) is 0 Å².